The van der Waals surface area contributed by atoms with Gasteiger partial charge in [0.15, 0.2) is 0 Å². The van der Waals surface area contributed by atoms with E-state index in [0.717, 1.165) is 42.6 Å². The first-order chi connectivity index (χ1) is 17.3. The van der Waals surface area contributed by atoms with Crippen molar-refractivity contribution < 1.29 is 32.9 Å². The summed E-state index contributed by atoms with van der Waals surface area (Å²) in [4.78, 5) is 23.2. The summed E-state index contributed by atoms with van der Waals surface area (Å²) < 4.78 is 33.5. The lowest BCUT2D eigenvalue weighted by molar-refractivity contribution is -0.140. The molecule has 0 saturated carbocycles. The predicted molar refractivity (Wildman–Crippen MR) is 138 cm³/mol. The van der Waals surface area contributed by atoms with E-state index in [2.05, 4.69) is 19.7 Å². The van der Waals surface area contributed by atoms with Crippen molar-refractivity contribution in [3.63, 3.8) is 0 Å². The van der Waals surface area contributed by atoms with Gasteiger partial charge in [-0.05, 0) is 67.9 Å². The summed E-state index contributed by atoms with van der Waals surface area (Å²) in [5.41, 5.74) is 2.65. The Bertz CT molecular complexity index is 1000. The van der Waals surface area contributed by atoms with Crippen molar-refractivity contribution in [3.8, 4) is 5.75 Å². The lowest BCUT2D eigenvalue weighted by atomic mass is 9.96. The summed E-state index contributed by atoms with van der Waals surface area (Å²) in [6.45, 7) is 11.2. The van der Waals surface area contributed by atoms with Gasteiger partial charge in [-0.2, -0.15) is 4.39 Å². The molecule has 0 aromatic heterocycles. The number of rotatable bonds is 16. The molecule has 1 aliphatic carbocycles. The summed E-state index contributed by atoms with van der Waals surface area (Å²) in [6.07, 6.45) is 9.52. The second kappa shape index (κ2) is 15.4. The van der Waals surface area contributed by atoms with E-state index in [-0.39, 0.29) is 6.61 Å². The Labute approximate surface area is 212 Å². The smallest absolute Gasteiger partial charge is 0.366 e. The fourth-order valence-corrected chi connectivity index (χ4v) is 3.39. The molecule has 0 fully saturated rings. The lowest BCUT2D eigenvalue weighted by Gasteiger charge is -2.16. The van der Waals surface area contributed by atoms with Crippen molar-refractivity contribution >= 4 is 17.5 Å². The first kappa shape index (κ1) is 28.6. The third-order valence-electron chi connectivity index (χ3n) is 5.61. The van der Waals surface area contributed by atoms with Crippen molar-refractivity contribution in [2.45, 2.75) is 51.4 Å². The van der Waals surface area contributed by atoms with Gasteiger partial charge in [-0.3, -0.25) is 0 Å². The molecule has 0 saturated heterocycles. The molecule has 0 N–H and O–H groups in total. The largest absolute Gasteiger partial charge is 0.502 e. The van der Waals surface area contributed by atoms with Crippen LogP contribution in [0.15, 0.2) is 79.1 Å². The van der Waals surface area contributed by atoms with E-state index in [1.54, 1.807) is 7.11 Å². The number of ether oxygens (including phenoxy) is 4. The van der Waals surface area contributed by atoms with Gasteiger partial charge in [-0.25, -0.2) is 9.59 Å². The van der Waals surface area contributed by atoms with Gasteiger partial charge in [0.1, 0.15) is 11.5 Å². The maximum atomic E-state index is 12.5. The molecule has 0 atom stereocenters. The van der Waals surface area contributed by atoms with Crippen LogP contribution in [0.1, 0.15) is 56.9 Å². The molecule has 0 unspecified atom stereocenters. The van der Waals surface area contributed by atoms with Gasteiger partial charge < -0.3 is 18.9 Å². The first-order valence-electron chi connectivity index (χ1n) is 12.1. The van der Waals surface area contributed by atoms with Gasteiger partial charge >= 0.3 is 11.9 Å². The van der Waals surface area contributed by atoms with Crippen LogP contribution in [0.5, 0.6) is 5.75 Å². The Kier molecular flexibility index (Phi) is 12.2. The van der Waals surface area contributed by atoms with Crippen LogP contribution in [0, 0.1) is 0 Å². The zero-order valence-electron chi connectivity index (χ0n) is 21.0. The Balaban J connectivity index is 1.69. The van der Waals surface area contributed by atoms with Gasteiger partial charge in [-0.15, -0.1) is 0 Å². The van der Waals surface area contributed by atoms with Crippen LogP contribution in [0.2, 0.25) is 0 Å². The number of benzene rings is 1. The number of hydrogen-bond donors (Lipinski definition) is 0. The molecular formula is C29H35FO6. The quantitative estimate of drug-likeness (QED) is 0.109. The molecule has 0 radical (unpaired) electrons. The highest BCUT2D eigenvalue weighted by molar-refractivity contribution is 5.88. The van der Waals surface area contributed by atoms with E-state index in [1.165, 1.54) is 0 Å². The number of hydrogen-bond acceptors (Lipinski definition) is 6. The summed E-state index contributed by atoms with van der Waals surface area (Å²) in [6, 6.07) is 7.92. The molecule has 194 valence electrons. The molecule has 1 aromatic carbocycles. The lowest BCUT2D eigenvalue weighted by Crippen LogP contribution is -2.09. The van der Waals surface area contributed by atoms with Crippen LogP contribution >= 0.6 is 0 Å². The highest BCUT2D eigenvalue weighted by atomic mass is 19.1. The summed E-state index contributed by atoms with van der Waals surface area (Å²) in [7, 11) is 1.55. The van der Waals surface area contributed by atoms with Gasteiger partial charge in [-0.1, -0.05) is 37.9 Å². The minimum Gasteiger partial charge on any atom is -0.502 e. The van der Waals surface area contributed by atoms with E-state index in [4.69, 9.17) is 18.9 Å². The van der Waals surface area contributed by atoms with E-state index in [1.807, 2.05) is 36.4 Å². The molecule has 1 aromatic rings. The van der Waals surface area contributed by atoms with Crippen molar-refractivity contribution in [2.75, 3.05) is 20.3 Å². The summed E-state index contributed by atoms with van der Waals surface area (Å²) >= 11 is 0. The number of unbranched alkanes of at least 4 members (excludes halogenated alkanes) is 3. The number of carbonyl (C=O) groups excluding carboxylic acids is 2. The number of halogens is 1. The number of esters is 2. The SMILES string of the molecule is C=C(CCC(=C)C(=O)OC1=CC=C(c2ccc(OCCCCCCOC(=O)C(=C)F)cc2)CC1)OC. The zero-order valence-corrected chi connectivity index (χ0v) is 21.0. The maximum absolute atomic E-state index is 12.5. The molecule has 6 nitrogen and oxygen atoms in total. The number of allylic oxidation sites excluding steroid dienone is 5. The molecule has 0 bridgehead atoms. The Morgan fingerprint density at radius 2 is 1.58 bits per heavy atom. The molecule has 0 amide bonds. The number of carbonyl (C=O) groups is 2. The molecule has 0 aliphatic heterocycles. The van der Waals surface area contributed by atoms with Crippen molar-refractivity contribution in [1.29, 1.82) is 0 Å². The van der Waals surface area contributed by atoms with Crippen LogP contribution in [-0.2, 0) is 23.8 Å². The predicted octanol–water partition coefficient (Wildman–Crippen LogP) is 6.75. The molecule has 2 rings (SSSR count). The third kappa shape index (κ3) is 10.3. The van der Waals surface area contributed by atoms with Crippen molar-refractivity contribution in [2.24, 2.45) is 0 Å². The van der Waals surface area contributed by atoms with Gasteiger partial charge in [0.05, 0.1) is 26.1 Å². The molecular weight excluding hydrogens is 463 g/mol. The fourth-order valence-electron chi connectivity index (χ4n) is 3.39. The molecule has 0 heterocycles. The van der Waals surface area contributed by atoms with Gasteiger partial charge in [0.2, 0.25) is 5.83 Å². The van der Waals surface area contributed by atoms with Crippen molar-refractivity contribution in [3.05, 3.63) is 84.6 Å². The van der Waals surface area contributed by atoms with Crippen LogP contribution in [0.3, 0.4) is 0 Å². The molecule has 36 heavy (non-hydrogen) atoms. The zero-order chi connectivity index (χ0) is 26.3. The standard InChI is InChI=1S/C29H35FO6/c1-21(9-10-22(2)33-4)28(31)36-27-17-13-25(14-18-27)24-11-15-26(16-12-24)34-19-7-5-6-8-20-35-29(32)23(3)30/h11-13,15-17H,1-3,5-10,14,18-20H2,4H3. The third-order valence-corrected chi connectivity index (χ3v) is 5.61. The topological polar surface area (TPSA) is 71.1 Å². The van der Waals surface area contributed by atoms with E-state index >= 15 is 0 Å². The molecule has 1 aliphatic rings. The monoisotopic (exact) mass is 498 g/mol. The van der Waals surface area contributed by atoms with Crippen LogP contribution < -0.4 is 4.74 Å². The second-order valence-corrected chi connectivity index (χ2v) is 8.39. The first-order valence-corrected chi connectivity index (χ1v) is 12.1. The van der Waals surface area contributed by atoms with E-state index < -0.39 is 17.8 Å². The average Bonchev–Trinajstić information content (AvgIpc) is 2.89. The highest BCUT2D eigenvalue weighted by Gasteiger charge is 2.15. The van der Waals surface area contributed by atoms with Crippen LogP contribution in [0.25, 0.3) is 5.57 Å². The number of methoxy groups -OCH3 is 1. The van der Waals surface area contributed by atoms with Crippen LogP contribution in [0.4, 0.5) is 4.39 Å². The summed E-state index contributed by atoms with van der Waals surface area (Å²) in [5.74, 6) is -0.458. The highest BCUT2D eigenvalue weighted by Crippen LogP contribution is 2.29. The van der Waals surface area contributed by atoms with E-state index in [0.29, 0.717) is 49.4 Å². The Hall–Kier alpha value is -3.61. The second-order valence-electron chi connectivity index (χ2n) is 8.39. The van der Waals surface area contributed by atoms with Crippen LogP contribution in [-0.4, -0.2) is 32.3 Å². The average molecular weight is 499 g/mol. The van der Waals surface area contributed by atoms with Gasteiger partial charge in [0.25, 0.3) is 0 Å². The molecule has 0 spiro atoms. The normalized spacial score (nSPS) is 12.6. The molecule has 7 heteroatoms. The van der Waals surface area contributed by atoms with Crippen molar-refractivity contribution in [1.82, 2.24) is 0 Å². The Morgan fingerprint density at radius 1 is 0.889 bits per heavy atom. The van der Waals surface area contributed by atoms with Gasteiger partial charge in [0, 0.05) is 18.4 Å². The summed E-state index contributed by atoms with van der Waals surface area (Å²) in [5, 5.41) is 0. The maximum Gasteiger partial charge on any atom is 0.366 e. The fraction of sp³-hybridized carbons (Fsp3) is 0.379. The minimum absolute atomic E-state index is 0.194. The minimum atomic E-state index is -1.07. The Morgan fingerprint density at radius 3 is 2.19 bits per heavy atom. The van der Waals surface area contributed by atoms with E-state index in [9.17, 15) is 14.0 Å².